The third-order valence-electron chi connectivity index (χ3n) is 27.4. The van der Waals surface area contributed by atoms with Gasteiger partial charge < -0.3 is 16.2 Å². The smallest absolute Gasteiger partial charge is 0.364 e. The molecule has 118 heavy (non-hydrogen) atoms. The van der Waals surface area contributed by atoms with E-state index < -0.39 is 15.8 Å². The van der Waals surface area contributed by atoms with Gasteiger partial charge in [-0.15, -0.1) is 12.4 Å². The van der Waals surface area contributed by atoms with Gasteiger partial charge >= 0.3 is 11.8 Å². The van der Waals surface area contributed by atoms with Crippen LogP contribution in [0.2, 0.25) is 10.0 Å². The third-order valence-corrected chi connectivity index (χ3v) is 29.4. The number of ketones is 1. The number of rotatable bonds is 9. The van der Waals surface area contributed by atoms with Crippen molar-refractivity contribution >= 4 is 118 Å². The van der Waals surface area contributed by atoms with Gasteiger partial charge in [0.05, 0.1) is 44.9 Å². The predicted octanol–water partition coefficient (Wildman–Crippen LogP) is 24.6. The first-order valence-electron chi connectivity index (χ1n) is 40.9. The summed E-state index contributed by atoms with van der Waals surface area (Å²) in [5.74, 6) is 0.574. The highest BCUT2D eigenvalue weighted by Gasteiger charge is 2.54. The minimum absolute atomic E-state index is 0. The average molecular weight is 1670 g/mol. The number of carbonyl (C=O) groups excluding carboxylic acids is 2. The lowest BCUT2D eigenvalue weighted by Crippen LogP contribution is -2.48. The zero-order valence-electron chi connectivity index (χ0n) is 66.1. The molecule has 1 amide bonds. The molecule has 8 aliphatic carbocycles. The number of hydrogen-bond donors (Lipinski definition) is 3. The number of hydrogen-bond acceptors (Lipinski definition) is 11. The second kappa shape index (κ2) is 37.2. The molecule has 4 heterocycles. The molecule has 19 rings (SSSR count). The number of carboxylic acids is 1. The lowest BCUT2D eigenvalue weighted by atomic mass is 9.52. The van der Waals surface area contributed by atoms with Crippen LogP contribution in [0.4, 0.5) is 28.9 Å². The fraction of sp³-hybridized carbons (Fsp3) is 0.385. The first-order chi connectivity index (χ1) is 56.4. The number of carboxylic acid groups (broad SMARTS) is 1. The molecule has 0 saturated heterocycles. The van der Waals surface area contributed by atoms with Gasteiger partial charge in [0.1, 0.15) is 29.1 Å². The molecule has 22 heteroatoms. The van der Waals surface area contributed by atoms with E-state index in [1.165, 1.54) is 47.4 Å². The van der Waals surface area contributed by atoms with Crippen molar-refractivity contribution < 1.29 is 45.5 Å². The van der Waals surface area contributed by atoms with E-state index in [9.17, 15) is 50.7 Å². The molecule has 4 N–H and O–H groups in total. The Morgan fingerprint density at radius 3 is 1.18 bits per heavy atom. The van der Waals surface area contributed by atoms with Crippen LogP contribution in [0.1, 0.15) is 206 Å². The molecule has 7 aromatic carbocycles. The number of nitrogen functional groups attached to an aromatic ring is 1. The van der Waals surface area contributed by atoms with Crippen LogP contribution >= 0.6 is 35.6 Å². The summed E-state index contributed by atoms with van der Waals surface area (Å²) in [4.78, 5) is 56.9. The van der Waals surface area contributed by atoms with Crippen molar-refractivity contribution in [2.24, 2.45) is 39.4 Å². The highest BCUT2D eigenvalue weighted by atomic mass is 35.5. The number of benzene rings is 7. The van der Waals surface area contributed by atoms with Crippen LogP contribution in [0.25, 0.3) is 48.5 Å². The van der Waals surface area contributed by atoms with Crippen molar-refractivity contribution in [2.45, 2.75) is 190 Å². The summed E-state index contributed by atoms with van der Waals surface area (Å²) in [6, 6.07) is 50.7. The molecule has 0 bridgehead atoms. The normalized spacial score (nSPS) is 25.2. The lowest BCUT2D eigenvalue weighted by molar-refractivity contribution is -0.157. The maximum Gasteiger partial charge on any atom is 0.364 e. The number of halogens is 7. The van der Waals surface area contributed by atoms with Crippen LogP contribution in [-0.2, 0) is 24.2 Å². The number of nitrogens with one attached hydrogen (secondary N) is 1. The van der Waals surface area contributed by atoms with Gasteiger partial charge in [0.2, 0.25) is 5.91 Å². The summed E-state index contributed by atoms with van der Waals surface area (Å²) in [6.45, 7) is 6.72. The maximum absolute atomic E-state index is 13.8. The van der Waals surface area contributed by atoms with Gasteiger partial charge in [0.25, 0.3) is 16.4 Å². The van der Waals surface area contributed by atoms with Crippen LogP contribution in [0.5, 0.6) is 0 Å². The first kappa shape index (κ1) is 86.0. The Morgan fingerprint density at radius 2 is 0.864 bits per heavy atom. The fourth-order valence-corrected chi connectivity index (χ4v) is 21.3. The van der Waals surface area contributed by atoms with E-state index >= 15 is 0 Å². The molecule has 8 saturated carbocycles. The van der Waals surface area contributed by atoms with E-state index in [-0.39, 0.29) is 86.4 Å². The molecule has 3 unspecified atom stereocenters. The van der Waals surface area contributed by atoms with E-state index in [1.807, 2.05) is 61.9 Å². The van der Waals surface area contributed by atoms with Crippen molar-refractivity contribution in [3.8, 4) is 12.6 Å². The Morgan fingerprint density at radius 1 is 0.508 bits per heavy atom. The van der Waals surface area contributed by atoms with Gasteiger partial charge in [0.15, 0.2) is 0 Å². The number of nitrogens with two attached hydrogens (primary N) is 1. The number of anilines is 2. The quantitative estimate of drug-likeness (QED) is 0.0907. The van der Waals surface area contributed by atoms with Crippen molar-refractivity contribution in [1.82, 2.24) is 19.9 Å². The number of carbonyl (C=O) groups is 3. The number of Topliss-reactive ketones (excluding diaryl/α,β-unsaturated/α-hetero) is 1. The Bertz CT molecular complexity index is 5640. The number of aromatic nitrogens is 4. The van der Waals surface area contributed by atoms with Crippen LogP contribution in [0.15, 0.2) is 200 Å². The molecule has 4 aromatic heterocycles. The molecular formula is C96H98Cl3F4N8O6S+. The monoisotopic (exact) mass is 1670 g/mol. The summed E-state index contributed by atoms with van der Waals surface area (Å²) in [7, 11) is -3.32. The predicted molar refractivity (Wildman–Crippen MR) is 462 cm³/mol. The number of fused-ring (bicyclic) bond motifs is 4. The highest BCUT2D eigenvalue weighted by Crippen LogP contribution is 2.62. The molecule has 3 atom stereocenters. The van der Waals surface area contributed by atoms with Gasteiger partial charge in [-0.2, -0.15) is 5.26 Å². The van der Waals surface area contributed by atoms with E-state index in [4.69, 9.17) is 35.5 Å². The molecule has 14 nitrogen and oxygen atoms in total. The van der Waals surface area contributed by atoms with Gasteiger partial charge in [-0.1, -0.05) is 45.7 Å². The Balaban J connectivity index is 0.000000127. The molecule has 612 valence electrons. The number of aryl methyl sites for hydroxylation is 1. The Hall–Kier alpha value is -9.89. The van der Waals surface area contributed by atoms with E-state index in [1.54, 1.807) is 115 Å². The van der Waals surface area contributed by atoms with Crippen molar-refractivity contribution in [1.29, 1.82) is 5.26 Å². The average Bonchev–Trinajstić information content (AvgIpc) is 0.762. The highest BCUT2D eigenvalue weighted by molar-refractivity contribution is 7.91. The van der Waals surface area contributed by atoms with E-state index in [2.05, 4.69) is 36.2 Å². The van der Waals surface area contributed by atoms with Crippen LogP contribution < -0.4 is 11.1 Å². The largest absolute Gasteiger partial charge is 0.481 e. The van der Waals surface area contributed by atoms with Gasteiger partial charge in [-0.05, 0) is 374 Å². The van der Waals surface area contributed by atoms with Crippen molar-refractivity contribution in [3.05, 3.63) is 261 Å². The maximum atomic E-state index is 13.8. The number of pyridine rings is 4. The summed E-state index contributed by atoms with van der Waals surface area (Å²) < 4.78 is 77.3. The summed E-state index contributed by atoms with van der Waals surface area (Å²) >= 11 is 11.5. The van der Waals surface area contributed by atoms with Crippen molar-refractivity contribution in [3.63, 3.8) is 0 Å². The summed E-state index contributed by atoms with van der Waals surface area (Å²) in [5, 5.41) is 26.8. The van der Waals surface area contributed by atoms with E-state index in [0.717, 1.165) is 219 Å². The van der Waals surface area contributed by atoms with Gasteiger partial charge in [0, 0.05) is 85.5 Å². The molecule has 8 aliphatic rings. The molecule has 0 aliphatic heterocycles. The molecule has 8 fully saturated rings. The zero-order chi connectivity index (χ0) is 82.2. The first-order valence-corrected chi connectivity index (χ1v) is 43.3. The number of nitriles is 1. The lowest BCUT2D eigenvalue weighted by Gasteiger charge is -2.52. The van der Waals surface area contributed by atoms with E-state index in [0.29, 0.717) is 39.9 Å². The van der Waals surface area contributed by atoms with Gasteiger partial charge in [-0.25, -0.2) is 26.0 Å². The second-order valence-electron chi connectivity index (χ2n) is 33.7. The SMILES string of the molecule is C#[N+]CS(=O)(=O)c1ccc(C)cc1.Cl.N#CC1CCC12CCC(c1ccnc3ccc(F)cc13)CC2.Nc1ccc(Cl)cc1.O=C(Nc1ccc(Cl)cc1)C1CCC12CCC(c1ccnc3ccc(F)cc13)CC2.O=C(O)C1CCC12CCC(c1ccnc3ccc(F)cc13)CC2.O=C1CCC12CCC(c1ccnc3ccc(F)cc13)CC2. The summed E-state index contributed by atoms with van der Waals surface area (Å²) in [5.41, 5.74) is 16.5. The standard InChI is InChI=1S/C25H24ClFN2O.C19H19FN2.C19H20FNO2.C18H18FNO.C9H10NO2S.C6H6ClN.ClH/c26-17-1-4-19(5-2-17)29-24(30)22-9-13-25(22)11-7-16(8-12-25)20-10-14-28-23-6-3-18(27)15-21(20)23;20-15-1-2-18-17(11-15)16(6-10-22-18)13-3-7-19(8-4-13)9-5-14(19)12-21;20-13-1-2-17-15(11-13)14(6-10-21-17)12-3-7-19(8-4-12)9-5-16(19)18(22)23;19-13-1-2-16-15(11-13)14(6-10-20-16)12-3-7-18(8-4-12)9-5-17(18)21;1-8-3-5-9(6-4-8)13(11,12)7-10-2;7-5-1-3-6(8)4-2-5;/h1-6,10,14-16,22H,7-9,11-13H2,(H,29,30);1-2,6,10-11,13-14H,3-5,7-9H2;1-2,6,10-12,16H,3-5,7-9H2,(H,22,23);1-2,6,10-12H,3-5,7-9H2;2-6H,7H2,1H3;1-4H,8H2;1H/q;;;;+1;;. The minimum Gasteiger partial charge on any atom is -0.481 e. The number of nitrogens with zero attached hydrogens (tertiary/aromatic N) is 6. The topological polar surface area (TPSA) is 223 Å². The van der Waals surface area contributed by atoms with Crippen LogP contribution in [0.3, 0.4) is 0 Å². The number of sulfone groups is 1. The summed E-state index contributed by atoms with van der Waals surface area (Å²) in [6.07, 6.45) is 31.9. The molecular weight excluding hydrogens is 1580 g/mol. The second-order valence-corrected chi connectivity index (χ2v) is 36.5. The number of amides is 1. The molecule has 0 radical (unpaired) electrons. The van der Waals surface area contributed by atoms with Crippen molar-refractivity contribution in [2.75, 3.05) is 16.9 Å². The Kier molecular flexibility index (Phi) is 27.1. The van der Waals surface area contributed by atoms with Gasteiger partial charge in [-0.3, -0.25) is 34.3 Å². The Labute approximate surface area is 703 Å². The fourth-order valence-electron chi connectivity index (χ4n) is 20.1. The third kappa shape index (κ3) is 19.0. The van der Waals surface area contributed by atoms with Crippen LogP contribution in [-0.4, -0.2) is 57.0 Å². The molecule has 11 aromatic rings. The number of aliphatic carboxylic acids is 1. The minimum atomic E-state index is -3.32. The van der Waals surface area contributed by atoms with Crippen LogP contribution in [0, 0.1) is 87.5 Å². The zero-order valence-corrected chi connectivity index (χ0v) is 69.2. The molecule has 4 spiro atoms.